The standard InChI is InChI=1S/C12H22N4O/c1-10(2)7-16-11(14-9-15-16)6-12(13)4-3-5-17-8-12/h9-10H,3-8,13H2,1-2H3. The molecule has 1 fully saturated rings. The van der Waals surface area contributed by atoms with Crippen LogP contribution in [0.2, 0.25) is 0 Å². The smallest absolute Gasteiger partial charge is 0.138 e. The summed E-state index contributed by atoms with van der Waals surface area (Å²) in [5.41, 5.74) is 6.08. The quantitative estimate of drug-likeness (QED) is 0.849. The van der Waals surface area contributed by atoms with E-state index in [1.807, 2.05) is 4.68 Å². The maximum absolute atomic E-state index is 6.34. The molecule has 2 N–H and O–H groups in total. The molecule has 96 valence electrons. The lowest BCUT2D eigenvalue weighted by Crippen LogP contribution is -2.49. The summed E-state index contributed by atoms with van der Waals surface area (Å²) in [4.78, 5) is 4.32. The zero-order chi connectivity index (χ0) is 12.3. The minimum absolute atomic E-state index is 0.264. The van der Waals surface area contributed by atoms with Crippen LogP contribution < -0.4 is 5.73 Å². The fraction of sp³-hybridized carbons (Fsp3) is 0.833. The van der Waals surface area contributed by atoms with Crippen molar-refractivity contribution in [3.8, 4) is 0 Å². The van der Waals surface area contributed by atoms with E-state index in [4.69, 9.17) is 10.5 Å². The Morgan fingerprint density at radius 1 is 1.59 bits per heavy atom. The van der Waals surface area contributed by atoms with Crippen molar-refractivity contribution in [2.24, 2.45) is 11.7 Å². The second-order valence-corrected chi connectivity index (χ2v) is 5.45. The van der Waals surface area contributed by atoms with Gasteiger partial charge in [0.2, 0.25) is 0 Å². The van der Waals surface area contributed by atoms with Gasteiger partial charge >= 0.3 is 0 Å². The number of hydrogen-bond acceptors (Lipinski definition) is 4. The highest BCUT2D eigenvalue weighted by molar-refractivity contribution is 4.99. The topological polar surface area (TPSA) is 66.0 Å². The van der Waals surface area contributed by atoms with Crippen LogP contribution in [-0.2, 0) is 17.7 Å². The van der Waals surface area contributed by atoms with Crippen molar-refractivity contribution in [1.82, 2.24) is 14.8 Å². The molecule has 1 aliphatic rings. The Morgan fingerprint density at radius 2 is 2.41 bits per heavy atom. The summed E-state index contributed by atoms with van der Waals surface area (Å²) in [5.74, 6) is 1.54. The zero-order valence-corrected chi connectivity index (χ0v) is 10.7. The normalized spacial score (nSPS) is 25.4. The summed E-state index contributed by atoms with van der Waals surface area (Å²) in [5, 5.41) is 4.26. The predicted molar refractivity (Wildman–Crippen MR) is 65.5 cm³/mol. The predicted octanol–water partition coefficient (Wildman–Crippen LogP) is 0.984. The van der Waals surface area contributed by atoms with Crippen molar-refractivity contribution in [2.45, 2.75) is 45.2 Å². The van der Waals surface area contributed by atoms with Gasteiger partial charge in [-0.1, -0.05) is 13.8 Å². The number of nitrogens with zero attached hydrogens (tertiary/aromatic N) is 3. The first-order valence-corrected chi connectivity index (χ1v) is 6.32. The first-order chi connectivity index (χ1) is 8.09. The third-order valence-electron chi connectivity index (χ3n) is 3.10. The van der Waals surface area contributed by atoms with Gasteiger partial charge < -0.3 is 10.5 Å². The highest BCUT2D eigenvalue weighted by Crippen LogP contribution is 2.20. The van der Waals surface area contributed by atoms with Gasteiger partial charge in [0.05, 0.1) is 6.61 Å². The maximum atomic E-state index is 6.34. The van der Waals surface area contributed by atoms with Crippen LogP contribution in [0.5, 0.6) is 0 Å². The van der Waals surface area contributed by atoms with Crippen LogP contribution in [0, 0.1) is 5.92 Å². The van der Waals surface area contributed by atoms with E-state index in [0.29, 0.717) is 12.5 Å². The molecule has 2 rings (SSSR count). The van der Waals surface area contributed by atoms with E-state index in [1.165, 1.54) is 0 Å². The highest BCUT2D eigenvalue weighted by Gasteiger charge is 2.30. The van der Waals surface area contributed by atoms with E-state index < -0.39 is 0 Å². The third-order valence-corrected chi connectivity index (χ3v) is 3.10. The summed E-state index contributed by atoms with van der Waals surface area (Å²) in [6.45, 7) is 6.70. The third kappa shape index (κ3) is 3.26. The van der Waals surface area contributed by atoms with E-state index in [2.05, 4.69) is 23.9 Å². The van der Waals surface area contributed by atoms with Crippen molar-refractivity contribution >= 4 is 0 Å². The van der Waals surface area contributed by atoms with E-state index >= 15 is 0 Å². The summed E-state index contributed by atoms with van der Waals surface area (Å²) in [7, 11) is 0. The average molecular weight is 238 g/mol. The second kappa shape index (κ2) is 5.14. The Kier molecular flexibility index (Phi) is 3.79. The van der Waals surface area contributed by atoms with Crippen LogP contribution in [0.4, 0.5) is 0 Å². The van der Waals surface area contributed by atoms with Crippen molar-refractivity contribution in [2.75, 3.05) is 13.2 Å². The summed E-state index contributed by atoms with van der Waals surface area (Å²) < 4.78 is 7.44. The second-order valence-electron chi connectivity index (χ2n) is 5.45. The molecule has 0 bridgehead atoms. The molecule has 5 heteroatoms. The number of nitrogens with two attached hydrogens (primary N) is 1. The fourth-order valence-electron chi connectivity index (χ4n) is 2.25. The summed E-state index contributed by atoms with van der Waals surface area (Å²) >= 11 is 0. The largest absolute Gasteiger partial charge is 0.380 e. The first kappa shape index (κ1) is 12.5. The number of aromatic nitrogens is 3. The van der Waals surface area contributed by atoms with Crippen LogP contribution in [0.15, 0.2) is 6.33 Å². The molecule has 5 nitrogen and oxygen atoms in total. The Bertz CT molecular complexity index is 355. The van der Waals surface area contributed by atoms with E-state index in [1.54, 1.807) is 6.33 Å². The van der Waals surface area contributed by atoms with Crippen LogP contribution >= 0.6 is 0 Å². The van der Waals surface area contributed by atoms with Gasteiger partial charge in [-0.3, -0.25) is 0 Å². The van der Waals surface area contributed by atoms with E-state index in [9.17, 15) is 0 Å². The maximum Gasteiger partial charge on any atom is 0.138 e. The lowest BCUT2D eigenvalue weighted by Gasteiger charge is -2.32. The molecule has 1 saturated heterocycles. The number of rotatable bonds is 4. The molecule has 17 heavy (non-hydrogen) atoms. The number of ether oxygens (including phenoxy) is 1. The van der Waals surface area contributed by atoms with Crippen molar-refractivity contribution in [3.05, 3.63) is 12.2 Å². The minimum Gasteiger partial charge on any atom is -0.380 e. The van der Waals surface area contributed by atoms with Gasteiger partial charge in [-0.15, -0.1) is 0 Å². The molecule has 1 aromatic heterocycles. The van der Waals surface area contributed by atoms with Crippen molar-refractivity contribution in [3.63, 3.8) is 0 Å². The van der Waals surface area contributed by atoms with Crippen LogP contribution in [0.3, 0.4) is 0 Å². The van der Waals surface area contributed by atoms with Crippen LogP contribution in [0.25, 0.3) is 0 Å². The van der Waals surface area contributed by atoms with Crippen molar-refractivity contribution in [1.29, 1.82) is 0 Å². The monoisotopic (exact) mass is 238 g/mol. The molecule has 0 saturated carbocycles. The Labute approximate surface area is 102 Å². The molecule has 1 aromatic rings. The van der Waals surface area contributed by atoms with Gasteiger partial charge in [0.1, 0.15) is 12.2 Å². The summed E-state index contributed by atoms with van der Waals surface area (Å²) in [6.07, 6.45) is 4.40. The van der Waals surface area contributed by atoms with Gasteiger partial charge in [0, 0.05) is 25.1 Å². The van der Waals surface area contributed by atoms with Gasteiger partial charge in [-0.25, -0.2) is 9.67 Å². The molecule has 1 aliphatic heterocycles. The molecule has 1 atom stereocenters. The van der Waals surface area contributed by atoms with Gasteiger partial charge in [-0.2, -0.15) is 5.10 Å². The molecule has 2 heterocycles. The van der Waals surface area contributed by atoms with Crippen LogP contribution in [0.1, 0.15) is 32.5 Å². The lowest BCUT2D eigenvalue weighted by molar-refractivity contribution is 0.0369. The van der Waals surface area contributed by atoms with E-state index in [-0.39, 0.29) is 5.54 Å². The van der Waals surface area contributed by atoms with Crippen LogP contribution in [-0.4, -0.2) is 33.5 Å². The Hall–Kier alpha value is -0.940. The Balaban J connectivity index is 2.04. The Morgan fingerprint density at radius 3 is 3.06 bits per heavy atom. The molecule has 0 aliphatic carbocycles. The molecule has 0 amide bonds. The fourth-order valence-corrected chi connectivity index (χ4v) is 2.25. The zero-order valence-electron chi connectivity index (χ0n) is 10.7. The van der Waals surface area contributed by atoms with Crippen molar-refractivity contribution < 1.29 is 4.74 Å². The lowest BCUT2D eigenvalue weighted by atomic mass is 9.90. The summed E-state index contributed by atoms with van der Waals surface area (Å²) in [6, 6.07) is 0. The van der Waals surface area contributed by atoms with Gasteiger partial charge in [-0.05, 0) is 18.8 Å². The average Bonchev–Trinajstić information content (AvgIpc) is 2.65. The molecule has 0 aromatic carbocycles. The molecular formula is C12H22N4O. The highest BCUT2D eigenvalue weighted by atomic mass is 16.5. The van der Waals surface area contributed by atoms with Gasteiger partial charge in [0.15, 0.2) is 0 Å². The molecule has 0 radical (unpaired) electrons. The molecular weight excluding hydrogens is 216 g/mol. The first-order valence-electron chi connectivity index (χ1n) is 6.32. The van der Waals surface area contributed by atoms with Gasteiger partial charge in [0.25, 0.3) is 0 Å². The number of hydrogen-bond donors (Lipinski definition) is 1. The SMILES string of the molecule is CC(C)Cn1ncnc1CC1(N)CCCOC1. The minimum atomic E-state index is -0.264. The van der Waals surface area contributed by atoms with E-state index in [0.717, 1.165) is 38.2 Å². The molecule has 0 spiro atoms. The molecule has 1 unspecified atom stereocenters.